The summed E-state index contributed by atoms with van der Waals surface area (Å²) >= 11 is 0. The van der Waals surface area contributed by atoms with Crippen molar-refractivity contribution in [3.8, 4) is 0 Å². The topological polar surface area (TPSA) is 70.2 Å². The molecule has 5 heteroatoms. The fraction of sp³-hybridized carbons (Fsp3) is 0.600. The highest BCUT2D eigenvalue weighted by Crippen LogP contribution is 2.22. The Morgan fingerprint density at radius 3 is 2.12 bits per heavy atom. The van der Waals surface area contributed by atoms with Crippen LogP contribution in [-0.4, -0.2) is 37.5 Å². The van der Waals surface area contributed by atoms with E-state index in [0.29, 0.717) is 12.1 Å². The molecule has 1 atom stereocenters. The first kappa shape index (κ1) is 21.2. The fourth-order valence-electron chi connectivity index (χ4n) is 2.44. The molecule has 1 aromatic carbocycles. The van der Waals surface area contributed by atoms with Crippen LogP contribution in [-0.2, 0) is 10.2 Å². The molecule has 0 bridgehead atoms. The van der Waals surface area contributed by atoms with E-state index in [1.807, 2.05) is 45.0 Å². The molecule has 0 aliphatic heterocycles. The van der Waals surface area contributed by atoms with Gasteiger partial charge in [-0.15, -0.1) is 0 Å². The summed E-state index contributed by atoms with van der Waals surface area (Å²) in [6.07, 6.45) is 0. The van der Waals surface area contributed by atoms with Gasteiger partial charge in [0, 0.05) is 18.7 Å². The Morgan fingerprint density at radius 1 is 1.04 bits per heavy atom. The van der Waals surface area contributed by atoms with Crippen LogP contribution in [0.3, 0.4) is 0 Å². The first-order valence-electron chi connectivity index (χ1n) is 9.06. The van der Waals surface area contributed by atoms with Crippen molar-refractivity contribution in [1.82, 2.24) is 16.0 Å². The van der Waals surface area contributed by atoms with Gasteiger partial charge in [0.15, 0.2) is 0 Å². The van der Waals surface area contributed by atoms with E-state index in [1.165, 1.54) is 5.56 Å². The first-order chi connectivity index (χ1) is 11.7. The third kappa shape index (κ3) is 6.86. The molecule has 5 nitrogen and oxygen atoms in total. The van der Waals surface area contributed by atoms with E-state index in [1.54, 1.807) is 0 Å². The maximum absolute atomic E-state index is 12.5. The molecule has 25 heavy (non-hydrogen) atoms. The van der Waals surface area contributed by atoms with Crippen molar-refractivity contribution < 1.29 is 9.59 Å². The summed E-state index contributed by atoms with van der Waals surface area (Å²) in [5, 5.41) is 8.88. The number of nitrogens with one attached hydrogen (secondary N) is 3. The molecule has 3 N–H and O–H groups in total. The standard InChI is InChI=1S/C20H33N3O2/c1-7-21-12-13-22-19(25)17(14(2)3)23-18(24)15-8-10-16(11-9-15)20(4,5)6/h8-11,14,17,21H,7,12-13H2,1-6H3,(H,22,25)(H,23,24). The monoisotopic (exact) mass is 347 g/mol. The molecule has 2 amide bonds. The number of hydrogen-bond donors (Lipinski definition) is 3. The second-order valence-corrected chi connectivity index (χ2v) is 7.67. The minimum Gasteiger partial charge on any atom is -0.353 e. The van der Waals surface area contributed by atoms with Crippen LogP contribution in [0.25, 0.3) is 0 Å². The van der Waals surface area contributed by atoms with Crippen LogP contribution >= 0.6 is 0 Å². The average molecular weight is 348 g/mol. The molecule has 0 saturated heterocycles. The second kappa shape index (κ2) is 9.56. The molecular formula is C20H33N3O2. The van der Waals surface area contributed by atoms with Crippen molar-refractivity contribution in [1.29, 1.82) is 0 Å². The quantitative estimate of drug-likeness (QED) is 0.633. The molecule has 1 aromatic rings. The molecule has 1 unspecified atom stereocenters. The highest BCUT2D eigenvalue weighted by atomic mass is 16.2. The Labute approximate surface area is 152 Å². The van der Waals surface area contributed by atoms with Gasteiger partial charge in [-0.25, -0.2) is 0 Å². The Morgan fingerprint density at radius 2 is 1.64 bits per heavy atom. The summed E-state index contributed by atoms with van der Waals surface area (Å²) in [5.74, 6) is -0.356. The highest BCUT2D eigenvalue weighted by Gasteiger charge is 2.24. The molecule has 0 aromatic heterocycles. The van der Waals surface area contributed by atoms with Crippen molar-refractivity contribution >= 4 is 11.8 Å². The fourth-order valence-corrected chi connectivity index (χ4v) is 2.44. The van der Waals surface area contributed by atoms with Crippen molar-refractivity contribution in [2.75, 3.05) is 19.6 Å². The van der Waals surface area contributed by atoms with Crippen LogP contribution in [0, 0.1) is 5.92 Å². The zero-order chi connectivity index (χ0) is 19.0. The Hall–Kier alpha value is -1.88. The van der Waals surface area contributed by atoms with Crippen molar-refractivity contribution in [2.45, 2.75) is 53.0 Å². The van der Waals surface area contributed by atoms with E-state index in [4.69, 9.17) is 0 Å². The van der Waals surface area contributed by atoms with Crippen LogP contribution in [0.4, 0.5) is 0 Å². The molecule has 0 radical (unpaired) electrons. The largest absolute Gasteiger partial charge is 0.353 e. The van der Waals surface area contributed by atoms with E-state index in [-0.39, 0.29) is 23.1 Å². The van der Waals surface area contributed by atoms with Crippen molar-refractivity contribution in [3.05, 3.63) is 35.4 Å². The van der Waals surface area contributed by atoms with Gasteiger partial charge in [-0.05, 0) is 35.6 Å². The highest BCUT2D eigenvalue weighted by molar-refractivity contribution is 5.97. The lowest BCUT2D eigenvalue weighted by Gasteiger charge is -2.22. The number of rotatable bonds is 8. The molecule has 0 aliphatic carbocycles. The zero-order valence-electron chi connectivity index (χ0n) is 16.4. The number of carbonyl (C=O) groups is 2. The first-order valence-corrected chi connectivity index (χ1v) is 9.06. The normalized spacial score (nSPS) is 12.8. The number of carbonyl (C=O) groups excluding carboxylic acids is 2. The third-order valence-electron chi connectivity index (χ3n) is 4.10. The summed E-state index contributed by atoms with van der Waals surface area (Å²) in [6.45, 7) is 14.4. The predicted molar refractivity (Wildman–Crippen MR) is 103 cm³/mol. The molecule has 0 saturated carbocycles. The molecule has 0 spiro atoms. The SMILES string of the molecule is CCNCCNC(=O)C(NC(=O)c1ccc(C(C)(C)C)cc1)C(C)C. The predicted octanol–water partition coefficient (Wildman–Crippen LogP) is 2.46. The molecule has 0 fully saturated rings. The van der Waals surface area contributed by atoms with Gasteiger partial charge in [0.1, 0.15) is 6.04 Å². The van der Waals surface area contributed by atoms with Gasteiger partial charge in [-0.1, -0.05) is 53.7 Å². The average Bonchev–Trinajstić information content (AvgIpc) is 2.55. The van der Waals surface area contributed by atoms with Gasteiger partial charge in [-0.3, -0.25) is 9.59 Å². The van der Waals surface area contributed by atoms with E-state index < -0.39 is 6.04 Å². The minimum atomic E-state index is -0.545. The molecule has 1 rings (SSSR count). The Balaban J connectivity index is 2.71. The summed E-state index contributed by atoms with van der Waals surface area (Å²) in [7, 11) is 0. The Bertz CT molecular complexity index is 559. The molecule has 0 heterocycles. The van der Waals surface area contributed by atoms with Crippen LogP contribution in [0.5, 0.6) is 0 Å². The summed E-state index contributed by atoms with van der Waals surface area (Å²) in [4.78, 5) is 24.8. The maximum Gasteiger partial charge on any atom is 0.251 e. The van der Waals surface area contributed by atoms with Gasteiger partial charge in [0.25, 0.3) is 5.91 Å². The lowest BCUT2D eigenvalue weighted by Crippen LogP contribution is -2.50. The Kier molecular flexibility index (Phi) is 8.10. The van der Waals surface area contributed by atoms with Crippen molar-refractivity contribution in [2.24, 2.45) is 5.92 Å². The van der Waals surface area contributed by atoms with Gasteiger partial charge in [0.05, 0.1) is 0 Å². The van der Waals surface area contributed by atoms with Gasteiger partial charge < -0.3 is 16.0 Å². The zero-order valence-corrected chi connectivity index (χ0v) is 16.4. The van der Waals surface area contributed by atoms with Crippen LogP contribution in [0.15, 0.2) is 24.3 Å². The molecule has 140 valence electrons. The van der Waals surface area contributed by atoms with Gasteiger partial charge in [0.2, 0.25) is 5.91 Å². The summed E-state index contributed by atoms with van der Waals surface area (Å²) < 4.78 is 0. The second-order valence-electron chi connectivity index (χ2n) is 7.67. The smallest absolute Gasteiger partial charge is 0.251 e. The molecule has 0 aliphatic rings. The lowest BCUT2D eigenvalue weighted by atomic mass is 9.86. The van der Waals surface area contributed by atoms with Crippen LogP contribution in [0.2, 0.25) is 0 Å². The molecular weight excluding hydrogens is 314 g/mol. The summed E-state index contributed by atoms with van der Waals surface area (Å²) in [5.41, 5.74) is 1.78. The van der Waals surface area contributed by atoms with E-state index in [9.17, 15) is 9.59 Å². The third-order valence-corrected chi connectivity index (χ3v) is 4.10. The number of benzene rings is 1. The van der Waals surface area contributed by atoms with Gasteiger partial charge in [-0.2, -0.15) is 0 Å². The van der Waals surface area contributed by atoms with E-state index >= 15 is 0 Å². The number of amides is 2. The van der Waals surface area contributed by atoms with Gasteiger partial charge >= 0.3 is 0 Å². The summed E-state index contributed by atoms with van der Waals surface area (Å²) in [6, 6.07) is 7.02. The minimum absolute atomic E-state index is 0.0110. The van der Waals surface area contributed by atoms with Crippen LogP contribution < -0.4 is 16.0 Å². The van der Waals surface area contributed by atoms with Crippen LogP contribution in [0.1, 0.15) is 57.5 Å². The van der Waals surface area contributed by atoms with E-state index in [2.05, 4.69) is 36.7 Å². The van der Waals surface area contributed by atoms with E-state index in [0.717, 1.165) is 13.1 Å². The number of hydrogen-bond acceptors (Lipinski definition) is 3. The lowest BCUT2D eigenvalue weighted by molar-refractivity contribution is -0.123. The maximum atomic E-state index is 12.5. The van der Waals surface area contributed by atoms with Crippen molar-refractivity contribution in [3.63, 3.8) is 0 Å². The number of likely N-dealkylation sites (N-methyl/N-ethyl adjacent to an activating group) is 1.